The fourth-order valence-electron chi connectivity index (χ4n) is 1.83. The first-order valence-electron chi connectivity index (χ1n) is 5.93. The largest absolute Gasteiger partial charge is 0.248 e. The van der Waals surface area contributed by atoms with E-state index in [2.05, 4.69) is 11.2 Å². The van der Waals surface area contributed by atoms with Crippen molar-refractivity contribution >= 4 is 23.2 Å². The third-order valence-corrected chi connectivity index (χ3v) is 3.46. The van der Waals surface area contributed by atoms with Crippen LogP contribution >= 0.6 is 23.2 Å². The van der Waals surface area contributed by atoms with Crippen molar-refractivity contribution in [1.29, 1.82) is 5.26 Å². The third kappa shape index (κ3) is 2.91. The molecule has 0 atom stereocenters. The predicted octanol–water partition coefficient (Wildman–Crippen LogP) is 4.23. The summed E-state index contributed by atoms with van der Waals surface area (Å²) >= 11 is 12.1. The molecule has 3 nitrogen and oxygen atoms in total. The number of nitriles is 1. The number of halogens is 2. The van der Waals surface area contributed by atoms with Crippen molar-refractivity contribution in [3.05, 3.63) is 51.3 Å². The molecule has 0 aliphatic rings. The van der Waals surface area contributed by atoms with E-state index in [1.807, 2.05) is 38.1 Å². The molecular formula is C14H13Cl2N3. The number of rotatable bonds is 3. The Hall–Kier alpha value is -1.50. The zero-order valence-electron chi connectivity index (χ0n) is 10.7. The van der Waals surface area contributed by atoms with Crippen LogP contribution in [-0.4, -0.2) is 9.78 Å². The first kappa shape index (κ1) is 13.9. The van der Waals surface area contributed by atoms with E-state index in [1.54, 1.807) is 4.68 Å². The molecule has 1 heterocycles. The second kappa shape index (κ2) is 5.64. The highest BCUT2D eigenvalue weighted by molar-refractivity contribution is 6.31. The minimum absolute atomic E-state index is 0.165. The highest BCUT2D eigenvalue weighted by Gasteiger charge is 2.18. The first-order chi connectivity index (χ1) is 9.02. The molecule has 0 N–H and O–H groups in total. The summed E-state index contributed by atoms with van der Waals surface area (Å²) in [6, 6.07) is 9.60. The summed E-state index contributed by atoms with van der Waals surface area (Å²) in [5.74, 6) is 0.165. The summed E-state index contributed by atoms with van der Waals surface area (Å²) in [6.07, 6.45) is 0. The molecule has 0 spiro atoms. The highest BCUT2D eigenvalue weighted by Crippen LogP contribution is 2.25. The molecule has 19 heavy (non-hydrogen) atoms. The molecule has 0 radical (unpaired) electrons. The maximum absolute atomic E-state index is 9.16. The summed E-state index contributed by atoms with van der Waals surface area (Å²) < 4.78 is 1.65. The van der Waals surface area contributed by atoms with Gasteiger partial charge in [-0.15, -0.1) is 0 Å². The van der Waals surface area contributed by atoms with E-state index in [0.29, 0.717) is 22.3 Å². The van der Waals surface area contributed by atoms with Crippen molar-refractivity contribution in [3.63, 3.8) is 0 Å². The molecule has 0 saturated heterocycles. The van der Waals surface area contributed by atoms with Gasteiger partial charge in [-0.2, -0.15) is 10.4 Å². The van der Waals surface area contributed by atoms with Crippen LogP contribution in [0.5, 0.6) is 0 Å². The maximum Gasteiger partial charge on any atom is 0.145 e. The number of hydrogen-bond donors (Lipinski definition) is 0. The fourth-order valence-corrected chi connectivity index (χ4v) is 2.20. The Balaban J connectivity index is 2.36. The van der Waals surface area contributed by atoms with Crippen LogP contribution in [0.1, 0.15) is 36.6 Å². The molecule has 0 amide bonds. The fraction of sp³-hybridized carbons (Fsp3) is 0.286. The van der Waals surface area contributed by atoms with E-state index < -0.39 is 0 Å². The first-order valence-corrected chi connectivity index (χ1v) is 6.69. The Kier molecular flexibility index (Phi) is 4.14. The second-order valence-corrected chi connectivity index (χ2v) is 5.40. The SMILES string of the molecule is CC(C)c1nn(Cc2ccc(Cl)cc2)c(Cl)c1C#N. The van der Waals surface area contributed by atoms with Crippen molar-refractivity contribution in [3.8, 4) is 6.07 Å². The lowest BCUT2D eigenvalue weighted by Crippen LogP contribution is -2.02. The summed E-state index contributed by atoms with van der Waals surface area (Å²) in [5.41, 5.74) is 2.24. The van der Waals surface area contributed by atoms with Gasteiger partial charge in [0.05, 0.1) is 12.2 Å². The van der Waals surface area contributed by atoms with Crippen LogP contribution in [0.3, 0.4) is 0 Å². The minimum atomic E-state index is 0.165. The standard InChI is InChI=1S/C14H13Cl2N3/c1-9(2)13-12(7-17)14(16)19(18-13)8-10-3-5-11(15)6-4-10/h3-6,9H,8H2,1-2H3. The van der Waals surface area contributed by atoms with Gasteiger partial charge in [0, 0.05) is 5.02 Å². The van der Waals surface area contributed by atoms with E-state index in [1.165, 1.54) is 0 Å². The number of hydrogen-bond acceptors (Lipinski definition) is 2. The zero-order valence-corrected chi connectivity index (χ0v) is 12.2. The van der Waals surface area contributed by atoms with Gasteiger partial charge in [0.2, 0.25) is 0 Å². The van der Waals surface area contributed by atoms with Gasteiger partial charge in [0.25, 0.3) is 0 Å². The van der Waals surface area contributed by atoms with E-state index in [0.717, 1.165) is 11.3 Å². The number of benzene rings is 1. The van der Waals surface area contributed by atoms with Crippen LogP contribution in [0, 0.1) is 11.3 Å². The van der Waals surface area contributed by atoms with Crippen LogP contribution in [0.4, 0.5) is 0 Å². The number of aromatic nitrogens is 2. The average Bonchev–Trinajstić information content (AvgIpc) is 2.69. The van der Waals surface area contributed by atoms with Crippen LogP contribution < -0.4 is 0 Å². The molecule has 5 heteroatoms. The Labute approximate surface area is 122 Å². The van der Waals surface area contributed by atoms with Gasteiger partial charge in [0.15, 0.2) is 0 Å². The molecule has 98 valence electrons. The summed E-state index contributed by atoms with van der Waals surface area (Å²) in [7, 11) is 0. The molecule has 1 aromatic carbocycles. The average molecular weight is 294 g/mol. The summed E-state index contributed by atoms with van der Waals surface area (Å²) in [6.45, 7) is 4.51. The lowest BCUT2D eigenvalue weighted by Gasteiger charge is -2.03. The van der Waals surface area contributed by atoms with Gasteiger partial charge in [0.1, 0.15) is 16.8 Å². The van der Waals surface area contributed by atoms with E-state index in [-0.39, 0.29) is 5.92 Å². The quantitative estimate of drug-likeness (QED) is 0.850. The van der Waals surface area contributed by atoms with Crippen molar-refractivity contribution < 1.29 is 0 Å². The van der Waals surface area contributed by atoms with Crippen LogP contribution in [0.15, 0.2) is 24.3 Å². The number of nitrogens with zero attached hydrogens (tertiary/aromatic N) is 3. The van der Waals surface area contributed by atoms with Crippen molar-refractivity contribution in [2.45, 2.75) is 26.3 Å². The molecule has 2 aromatic rings. The normalized spacial score (nSPS) is 10.7. The highest BCUT2D eigenvalue weighted by atomic mass is 35.5. The van der Waals surface area contributed by atoms with Gasteiger partial charge in [-0.05, 0) is 23.6 Å². The van der Waals surface area contributed by atoms with Crippen LogP contribution in [0.2, 0.25) is 10.2 Å². The lowest BCUT2D eigenvalue weighted by molar-refractivity contribution is 0.658. The van der Waals surface area contributed by atoms with Gasteiger partial charge in [-0.1, -0.05) is 49.2 Å². The van der Waals surface area contributed by atoms with Gasteiger partial charge < -0.3 is 0 Å². The summed E-state index contributed by atoms with van der Waals surface area (Å²) in [4.78, 5) is 0. The molecule has 0 saturated carbocycles. The Bertz CT molecular complexity index is 621. The zero-order chi connectivity index (χ0) is 14.0. The Morgan fingerprint density at radius 1 is 1.26 bits per heavy atom. The molecule has 0 fully saturated rings. The van der Waals surface area contributed by atoms with Crippen molar-refractivity contribution in [2.75, 3.05) is 0 Å². The molecule has 2 rings (SSSR count). The van der Waals surface area contributed by atoms with Crippen molar-refractivity contribution in [1.82, 2.24) is 9.78 Å². The molecule has 0 aliphatic heterocycles. The van der Waals surface area contributed by atoms with Crippen LogP contribution in [0.25, 0.3) is 0 Å². The molecule has 0 bridgehead atoms. The lowest BCUT2D eigenvalue weighted by atomic mass is 10.1. The van der Waals surface area contributed by atoms with Crippen LogP contribution in [-0.2, 0) is 6.54 Å². The molecule has 1 aromatic heterocycles. The van der Waals surface area contributed by atoms with Crippen molar-refractivity contribution in [2.24, 2.45) is 0 Å². The Morgan fingerprint density at radius 3 is 2.37 bits per heavy atom. The van der Waals surface area contributed by atoms with Gasteiger partial charge in [-0.3, -0.25) is 0 Å². The van der Waals surface area contributed by atoms with E-state index >= 15 is 0 Å². The smallest absolute Gasteiger partial charge is 0.145 e. The second-order valence-electron chi connectivity index (χ2n) is 4.60. The monoisotopic (exact) mass is 293 g/mol. The molecular weight excluding hydrogens is 281 g/mol. The van der Waals surface area contributed by atoms with E-state index in [4.69, 9.17) is 28.5 Å². The topological polar surface area (TPSA) is 41.6 Å². The van der Waals surface area contributed by atoms with Gasteiger partial charge in [-0.25, -0.2) is 4.68 Å². The molecule has 0 unspecified atom stereocenters. The summed E-state index contributed by atoms with van der Waals surface area (Å²) in [5, 5.41) is 14.7. The third-order valence-electron chi connectivity index (χ3n) is 2.82. The maximum atomic E-state index is 9.16. The van der Waals surface area contributed by atoms with Gasteiger partial charge >= 0.3 is 0 Å². The minimum Gasteiger partial charge on any atom is -0.248 e. The van der Waals surface area contributed by atoms with E-state index in [9.17, 15) is 0 Å². The predicted molar refractivity (Wildman–Crippen MR) is 76.6 cm³/mol. The molecule has 0 aliphatic carbocycles. The Morgan fingerprint density at radius 2 is 1.89 bits per heavy atom.